The number of likely N-dealkylation sites (N-methyl/N-ethyl adjacent to an activating group) is 1. The third kappa shape index (κ3) is 3.51. The van der Waals surface area contributed by atoms with Crippen molar-refractivity contribution in [1.82, 2.24) is 4.90 Å². The highest BCUT2D eigenvalue weighted by molar-refractivity contribution is 5.58. The summed E-state index contributed by atoms with van der Waals surface area (Å²) < 4.78 is 0. The number of benzene rings is 1. The molecule has 21 heavy (non-hydrogen) atoms. The van der Waals surface area contributed by atoms with E-state index in [1.54, 1.807) is 6.07 Å². The number of anilines is 1. The molecule has 0 amide bonds. The highest BCUT2D eigenvalue weighted by Crippen LogP contribution is 2.29. The van der Waals surface area contributed by atoms with E-state index in [9.17, 15) is 15.2 Å². The average molecular weight is 293 g/mol. The fourth-order valence-corrected chi connectivity index (χ4v) is 3.00. The molecule has 1 saturated heterocycles. The van der Waals surface area contributed by atoms with Gasteiger partial charge in [-0.1, -0.05) is 6.92 Å². The first-order chi connectivity index (χ1) is 10.1. The Bertz CT molecular complexity index is 507. The number of nitrogens with zero attached hydrogens (tertiary/aromatic N) is 3. The van der Waals surface area contributed by atoms with Gasteiger partial charge in [0.05, 0.1) is 11.5 Å². The Hall–Kier alpha value is -1.66. The third-order valence-corrected chi connectivity index (χ3v) is 4.13. The van der Waals surface area contributed by atoms with E-state index in [0.29, 0.717) is 11.6 Å². The molecule has 6 heteroatoms. The number of nitro benzene ring substituents is 1. The smallest absolute Gasteiger partial charge is 0.269 e. The SMILES string of the molecule is CCC1CN(C)CCCN1c1ccc([N+](=O)[O-])cc1CO. The molecule has 1 unspecified atom stereocenters. The quantitative estimate of drug-likeness (QED) is 0.679. The number of hydrogen-bond acceptors (Lipinski definition) is 5. The molecule has 1 fully saturated rings. The van der Waals surface area contributed by atoms with Crippen LogP contribution in [0.4, 0.5) is 11.4 Å². The Morgan fingerprint density at radius 2 is 2.19 bits per heavy atom. The van der Waals surface area contributed by atoms with Crippen LogP contribution >= 0.6 is 0 Å². The number of non-ortho nitro benzene ring substituents is 1. The molecule has 1 heterocycles. The van der Waals surface area contributed by atoms with Crippen LogP contribution in [0.25, 0.3) is 0 Å². The molecule has 1 aliphatic rings. The van der Waals surface area contributed by atoms with Crippen LogP contribution in [0, 0.1) is 10.1 Å². The summed E-state index contributed by atoms with van der Waals surface area (Å²) in [7, 11) is 2.12. The van der Waals surface area contributed by atoms with Gasteiger partial charge in [-0.25, -0.2) is 0 Å². The van der Waals surface area contributed by atoms with E-state index in [0.717, 1.165) is 38.2 Å². The van der Waals surface area contributed by atoms with Gasteiger partial charge in [0.2, 0.25) is 0 Å². The predicted molar refractivity (Wildman–Crippen MR) is 82.6 cm³/mol. The van der Waals surface area contributed by atoms with Gasteiger partial charge >= 0.3 is 0 Å². The van der Waals surface area contributed by atoms with Crippen molar-refractivity contribution < 1.29 is 10.0 Å². The van der Waals surface area contributed by atoms with Gasteiger partial charge in [-0.05, 0) is 32.5 Å². The van der Waals surface area contributed by atoms with E-state index >= 15 is 0 Å². The molecule has 0 radical (unpaired) electrons. The Morgan fingerprint density at radius 3 is 2.81 bits per heavy atom. The van der Waals surface area contributed by atoms with Gasteiger partial charge in [0.15, 0.2) is 0 Å². The van der Waals surface area contributed by atoms with Crippen LogP contribution in [0.2, 0.25) is 0 Å². The predicted octanol–water partition coefficient (Wildman–Crippen LogP) is 2.01. The molecule has 0 aliphatic carbocycles. The zero-order valence-corrected chi connectivity index (χ0v) is 12.7. The summed E-state index contributed by atoms with van der Waals surface area (Å²) in [6.45, 7) is 4.90. The number of hydrogen-bond donors (Lipinski definition) is 1. The summed E-state index contributed by atoms with van der Waals surface area (Å²) in [5.74, 6) is 0. The van der Waals surface area contributed by atoms with Crippen molar-refractivity contribution in [2.24, 2.45) is 0 Å². The molecule has 6 nitrogen and oxygen atoms in total. The minimum Gasteiger partial charge on any atom is -0.392 e. The summed E-state index contributed by atoms with van der Waals surface area (Å²) in [6, 6.07) is 5.15. The molecule has 0 bridgehead atoms. The standard InChI is InChI=1S/C15H23N3O3/c1-3-13-10-16(2)7-4-8-17(13)15-6-5-14(18(20)21)9-12(15)11-19/h5-6,9,13,19H,3-4,7-8,10-11H2,1-2H3. The highest BCUT2D eigenvalue weighted by atomic mass is 16.6. The van der Waals surface area contributed by atoms with Crippen molar-refractivity contribution in [2.45, 2.75) is 32.4 Å². The zero-order chi connectivity index (χ0) is 15.4. The van der Waals surface area contributed by atoms with Crippen LogP contribution < -0.4 is 4.90 Å². The highest BCUT2D eigenvalue weighted by Gasteiger charge is 2.24. The Balaban J connectivity index is 2.36. The van der Waals surface area contributed by atoms with Crippen LogP contribution in [0.1, 0.15) is 25.3 Å². The molecule has 1 aromatic carbocycles. The van der Waals surface area contributed by atoms with Gasteiger partial charge in [0.25, 0.3) is 5.69 Å². The Labute approximate surface area is 125 Å². The molecular formula is C15H23N3O3. The van der Waals surface area contributed by atoms with Crippen molar-refractivity contribution in [3.8, 4) is 0 Å². The molecule has 0 aromatic heterocycles. The first kappa shape index (κ1) is 15.7. The first-order valence-electron chi connectivity index (χ1n) is 7.40. The lowest BCUT2D eigenvalue weighted by Crippen LogP contribution is -2.40. The van der Waals surface area contributed by atoms with Crippen LogP contribution in [0.15, 0.2) is 18.2 Å². The van der Waals surface area contributed by atoms with Crippen LogP contribution in [0.3, 0.4) is 0 Å². The number of aliphatic hydroxyl groups is 1. The zero-order valence-electron chi connectivity index (χ0n) is 12.7. The minimum absolute atomic E-state index is 0.0304. The lowest BCUT2D eigenvalue weighted by molar-refractivity contribution is -0.384. The molecule has 116 valence electrons. The number of aliphatic hydroxyl groups excluding tert-OH is 1. The lowest BCUT2D eigenvalue weighted by atomic mass is 10.1. The lowest BCUT2D eigenvalue weighted by Gasteiger charge is -2.33. The summed E-state index contributed by atoms with van der Waals surface area (Å²) in [6.07, 6.45) is 2.06. The Kier molecular flexibility index (Phi) is 5.14. The monoisotopic (exact) mass is 293 g/mol. The third-order valence-electron chi connectivity index (χ3n) is 4.13. The van der Waals surface area contributed by atoms with Crippen molar-refractivity contribution in [3.63, 3.8) is 0 Å². The van der Waals surface area contributed by atoms with Crippen molar-refractivity contribution in [1.29, 1.82) is 0 Å². The minimum atomic E-state index is -0.420. The van der Waals surface area contributed by atoms with E-state index in [4.69, 9.17) is 0 Å². The molecule has 1 aliphatic heterocycles. The fraction of sp³-hybridized carbons (Fsp3) is 0.600. The molecule has 1 N–H and O–H groups in total. The van der Waals surface area contributed by atoms with Gasteiger partial charge in [-0.2, -0.15) is 0 Å². The second-order valence-electron chi connectivity index (χ2n) is 5.60. The summed E-state index contributed by atoms with van der Waals surface area (Å²) in [5, 5.41) is 20.5. The van der Waals surface area contributed by atoms with E-state index < -0.39 is 4.92 Å². The van der Waals surface area contributed by atoms with Gasteiger partial charge in [0.1, 0.15) is 0 Å². The van der Waals surface area contributed by atoms with E-state index in [-0.39, 0.29) is 12.3 Å². The van der Waals surface area contributed by atoms with Crippen molar-refractivity contribution in [3.05, 3.63) is 33.9 Å². The maximum atomic E-state index is 10.9. The van der Waals surface area contributed by atoms with Gasteiger partial charge in [-0.3, -0.25) is 10.1 Å². The fourth-order valence-electron chi connectivity index (χ4n) is 3.00. The van der Waals surface area contributed by atoms with Crippen LogP contribution in [-0.4, -0.2) is 47.7 Å². The topological polar surface area (TPSA) is 69.9 Å². The molecule has 0 spiro atoms. The van der Waals surface area contributed by atoms with Crippen LogP contribution in [0.5, 0.6) is 0 Å². The molecule has 1 aromatic rings. The summed E-state index contributed by atoms with van der Waals surface area (Å²) >= 11 is 0. The van der Waals surface area contributed by atoms with Crippen molar-refractivity contribution >= 4 is 11.4 Å². The molecular weight excluding hydrogens is 270 g/mol. The van der Waals surface area contributed by atoms with E-state index in [2.05, 4.69) is 23.8 Å². The molecule has 2 rings (SSSR count). The maximum Gasteiger partial charge on any atom is 0.269 e. The maximum absolute atomic E-state index is 10.9. The number of rotatable bonds is 4. The second-order valence-corrected chi connectivity index (χ2v) is 5.60. The van der Waals surface area contributed by atoms with Crippen LogP contribution in [-0.2, 0) is 6.61 Å². The van der Waals surface area contributed by atoms with Gasteiger partial charge in [-0.15, -0.1) is 0 Å². The largest absolute Gasteiger partial charge is 0.392 e. The normalized spacial score (nSPS) is 20.3. The first-order valence-corrected chi connectivity index (χ1v) is 7.40. The van der Waals surface area contributed by atoms with Gasteiger partial charge < -0.3 is 14.9 Å². The summed E-state index contributed by atoms with van der Waals surface area (Å²) in [5.41, 5.74) is 1.58. The van der Waals surface area contributed by atoms with E-state index in [1.165, 1.54) is 12.1 Å². The van der Waals surface area contributed by atoms with Gasteiger partial charge in [0, 0.05) is 42.5 Å². The van der Waals surface area contributed by atoms with E-state index in [1.807, 2.05) is 0 Å². The molecule has 0 saturated carbocycles. The second kappa shape index (κ2) is 6.87. The van der Waals surface area contributed by atoms with Crippen molar-refractivity contribution in [2.75, 3.05) is 31.6 Å². The molecule has 1 atom stereocenters. The Morgan fingerprint density at radius 1 is 1.43 bits per heavy atom. The summed E-state index contributed by atoms with van der Waals surface area (Å²) in [4.78, 5) is 15.1. The number of nitro groups is 1. The average Bonchev–Trinajstić information content (AvgIpc) is 2.67.